The molecule has 0 saturated carbocycles. The van der Waals surface area contributed by atoms with Crippen LogP contribution in [0, 0.1) is 13.3 Å². The Balaban J connectivity index is 0.00000253. The fraction of sp³-hybridized carbons (Fsp3) is 0.593. The van der Waals surface area contributed by atoms with Crippen LogP contribution < -0.4 is 79.8 Å². The summed E-state index contributed by atoms with van der Waals surface area (Å²) in [5, 5.41) is 14.4. The SMILES string of the molecule is CC[C@H](C)C(=O)N1CCC(O)(Cn2cnc3cc(NC(=O)CCN4CCOCC4)ccc3c2=O)CC1.[CH3-].[Cs+]. The molecule has 1 aromatic heterocycles. The molecule has 0 bridgehead atoms. The first-order valence-electron chi connectivity index (χ1n) is 12.9. The first kappa shape index (κ1) is 33.4. The van der Waals surface area contributed by atoms with Gasteiger partial charge < -0.3 is 27.5 Å². The molecule has 0 spiro atoms. The molecule has 1 atom stereocenters. The van der Waals surface area contributed by atoms with Crippen LogP contribution in [0.5, 0.6) is 0 Å². The van der Waals surface area contributed by atoms with Crippen LogP contribution >= 0.6 is 0 Å². The summed E-state index contributed by atoms with van der Waals surface area (Å²) in [5.74, 6) is 0.00517. The molecule has 10 nitrogen and oxygen atoms in total. The summed E-state index contributed by atoms with van der Waals surface area (Å²) in [6, 6.07) is 5.06. The molecule has 2 aliphatic heterocycles. The Morgan fingerprint density at radius 2 is 1.87 bits per heavy atom. The van der Waals surface area contributed by atoms with Gasteiger partial charge in [0.05, 0.1) is 42.6 Å². The Hall–Kier alpha value is -0.768. The van der Waals surface area contributed by atoms with E-state index in [1.165, 1.54) is 10.9 Å². The molecule has 38 heavy (non-hydrogen) atoms. The maximum Gasteiger partial charge on any atom is 1.00 e. The number of nitrogens with one attached hydrogen (secondary N) is 1. The second-order valence-corrected chi connectivity index (χ2v) is 10.0. The second kappa shape index (κ2) is 15.3. The molecular formula is C27H40CsN5O5. The van der Waals surface area contributed by atoms with Gasteiger partial charge in [-0.05, 0) is 37.5 Å². The van der Waals surface area contributed by atoms with Gasteiger partial charge in [0.2, 0.25) is 11.8 Å². The second-order valence-electron chi connectivity index (χ2n) is 10.0. The molecular weight excluding hydrogens is 607 g/mol. The van der Waals surface area contributed by atoms with Crippen LogP contribution in [0.15, 0.2) is 29.3 Å². The topological polar surface area (TPSA) is 117 Å². The summed E-state index contributed by atoms with van der Waals surface area (Å²) in [7, 11) is 0. The van der Waals surface area contributed by atoms with Crippen molar-refractivity contribution in [1.82, 2.24) is 19.4 Å². The number of hydrogen-bond donors (Lipinski definition) is 2. The predicted molar refractivity (Wildman–Crippen MR) is 143 cm³/mol. The fourth-order valence-corrected chi connectivity index (χ4v) is 4.76. The fourth-order valence-electron chi connectivity index (χ4n) is 4.76. The van der Waals surface area contributed by atoms with E-state index in [-0.39, 0.29) is 106 Å². The Kier molecular flexibility index (Phi) is 13.5. The first-order chi connectivity index (χ1) is 17.3. The number of hydrogen-bond acceptors (Lipinski definition) is 7. The molecule has 2 fully saturated rings. The number of carbonyl (C=O) groups is 2. The molecule has 2 saturated heterocycles. The summed E-state index contributed by atoms with van der Waals surface area (Å²) >= 11 is 0. The largest absolute Gasteiger partial charge is 1.00 e. The third-order valence-corrected chi connectivity index (χ3v) is 7.37. The summed E-state index contributed by atoms with van der Waals surface area (Å²) in [5.41, 5.74) is -0.226. The van der Waals surface area contributed by atoms with Crippen LogP contribution in [-0.2, 0) is 20.9 Å². The van der Waals surface area contributed by atoms with Crippen molar-refractivity contribution in [2.24, 2.45) is 5.92 Å². The zero-order chi connectivity index (χ0) is 25.7. The van der Waals surface area contributed by atoms with Gasteiger partial charge in [-0.2, -0.15) is 0 Å². The quantitative estimate of drug-likeness (QED) is 0.350. The van der Waals surface area contributed by atoms with Crippen LogP contribution in [0.4, 0.5) is 5.69 Å². The van der Waals surface area contributed by atoms with E-state index in [0.29, 0.717) is 68.7 Å². The minimum absolute atomic E-state index is 0. The number of morpholine rings is 1. The van der Waals surface area contributed by atoms with Crippen LogP contribution in [-0.4, -0.2) is 87.8 Å². The molecule has 2 N–H and O–H groups in total. The molecule has 0 unspecified atom stereocenters. The molecule has 3 heterocycles. The number of aliphatic hydroxyl groups is 1. The van der Waals surface area contributed by atoms with E-state index in [1.807, 2.05) is 13.8 Å². The maximum absolute atomic E-state index is 13.1. The molecule has 11 heteroatoms. The average molecular weight is 648 g/mol. The Morgan fingerprint density at radius 1 is 1.18 bits per heavy atom. The molecule has 2 aliphatic rings. The molecule has 0 aliphatic carbocycles. The third-order valence-electron chi connectivity index (χ3n) is 7.37. The van der Waals surface area contributed by atoms with Gasteiger partial charge in [0.1, 0.15) is 0 Å². The van der Waals surface area contributed by atoms with E-state index in [1.54, 1.807) is 23.1 Å². The zero-order valence-electron chi connectivity index (χ0n) is 23.2. The number of likely N-dealkylation sites (tertiary alicyclic amines) is 1. The molecule has 0 radical (unpaired) electrons. The minimum Gasteiger partial charge on any atom is -0.388 e. The number of amides is 2. The van der Waals surface area contributed by atoms with Crippen molar-refractivity contribution in [3.63, 3.8) is 0 Å². The standard InChI is InChI=1S/C26H37N5O5.CH3.Cs/c1-3-19(2)24(33)30-10-7-26(35,8-11-30)17-31-18-27-22-16-20(4-5-21(22)25(31)34)28-23(32)6-9-29-12-14-36-15-13-29;;/h4-5,16,18-19,35H,3,6-15,17H2,1-2H3,(H,28,32);1H3;/q;-1;+1/t19-;;/m0../s1. The van der Waals surface area contributed by atoms with E-state index in [0.717, 1.165) is 19.5 Å². The Bertz CT molecular complexity index is 1140. The predicted octanol–water partition coefficient (Wildman–Crippen LogP) is -1.09. The third kappa shape index (κ3) is 8.61. The smallest absolute Gasteiger partial charge is 0.388 e. The van der Waals surface area contributed by atoms with Gasteiger partial charge in [-0.25, -0.2) is 4.98 Å². The van der Waals surface area contributed by atoms with Crippen LogP contribution in [0.25, 0.3) is 10.9 Å². The van der Waals surface area contributed by atoms with Crippen molar-refractivity contribution >= 4 is 28.4 Å². The van der Waals surface area contributed by atoms with Gasteiger partial charge in [-0.3, -0.25) is 23.9 Å². The van der Waals surface area contributed by atoms with Gasteiger partial charge in [0, 0.05) is 50.7 Å². The molecule has 204 valence electrons. The zero-order valence-corrected chi connectivity index (χ0v) is 29.5. The van der Waals surface area contributed by atoms with Crippen molar-refractivity contribution in [1.29, 1.82) is 0 Å². The van der Waals surface area contributed by atoms with Gasteiger partial charge >= 0.3 is 68.9 Å². The van der Waals surface area contributed by atoms with Crippen molar-refractivity contribution in [3.05, 3.63) is 42.3 Å². The molecule has 4 rings (SSSR count). The Labute approximate surface area is 283 Å². The summed E-state index contributed by atoms with van der Waals surface area (Å²) in [4.78, 5) is 46.4. The van der Waals surface area contributed by atoms with Crippen LogP contribution in [0.2, 0.25) is 0 Å². The summed E-state index contributed by atoms with van der Waals surface area (Å²) < 4.78 is 6.77. The Morgan fingerprint density at radius 3 is 2.53 bits per heavy atom. The summed E-state index contributed by atoms with van der Waals surface area (Å²) in [6.45, 7) is 8.74. The average Bonchev–Trinajstić information content (AvgIpc) is 2.89. The van der Waals surface area contributed by atoms with Crippen molar-refractivity contribution < 1.29 is 88.3 Å². The number of fused-ring (bicyclic) bond motifs is 1. The number of benzene rings is 1. The number of carbonyl (C=O) groups excluding carboxylic acids is 2. The van der Waals surface area contributed by atoms with Crippen LogP contribution in [0.1, 0.15) is 39.5 Å². The first-order valence-corrected chi connectivity index (χ1v) is 12.9. The number of aromatic nitrogens is 2. The number of anilines is 1. The van der Waals surface area contributed by atoms with Gasteiger partial charge in [-0.15, -0.1) is 0 Å². The van der Waals surface area contributed by atoms with Crippen molar-refractivity contribution in [3.8, 4) is 0 Å². The van der Waals surface area contributed by atoms with Gasteiger partial charge in [0.15, 0.2) is 0 Å². The number of ether oxygens (including phenoxy) is 1. The normalized spacial score (nSPS) is 18.2. The van der Waals surface area contributed by atoms with Gasteiger partial charge in [0.25, 0.3) is 5.56 Å². The van der Waals surface area contributed by atoms with E-state index < -0.39 is 5.60 Å². The van der Waals surface area contributed by atoms with E-state index in [4.69, 9.17) is 4.74 Å². The van der Waals surface area contributed by atoms with Crippen LogP contribution in [0.3, 0.4) is 0 Å². The molecule has 2 amide bonds. The number of piperidine rings is 1. The maximum atomic E-state index is 13.1. The van der Waals surface area contributed by atoms with Crippen molar-refractivity contribution in [2.45, 2.75) is 51.7 Å². The van der Waals surface area contributed by atoms with E-state index in [2.05, 4.69) is 15.2 Å². The number of nitrogens with zero attached hydrogens (tertiary/aromatic N) is 4. The van der Waals surface area contributed by atoms with Gasteiger partial charge in [-0.1, -0.05) is 13.8 Å². The van der Waals surface area contributed by atoms with E-state index >= 15 is 0 Å². The minimum atomic E-state index is -1.07. The molecule has 2 aromatic rings. The monoisotopic (exact) mass is 647 g/mol. The van der Waals surface area contributed by atoms with E-state index in [9.17, 15) is 19.5 Å². The van der Waals surface area contributed by atoms with Crippen molar-refractivity contribution in [2.75, 3.05) is 51.3 Å². The number of rotatable bonds is 8. The molecule has 1 aromatic carbocycles. The summed E-state index contributed by atoms with van der Waals surface area (Å²) in [6.07, 6.45) is 3.44.